The van der Waals surface area contributed by atoms with E-state index in [-0.39, 0.29) is 25.1 Å². The molecule has 0 radical (unpaired) electrons. The van der Waals surface area contributed by atoms with Gasteiger partial charge in [-0.3, -0.25) is 14.2 Å². The van der Waals surface area contributed by atoms with E-state index < -0.39 is 17.9 Å². The third-order valence-electron chi connectivity index (χ3n) is 4.54. The van der Waals surface area contributed by atoms with Gasteiger partial charge in [0.15, 0.2) is 0 Å². The fourth-order valence-electron chi connectivity index (χ4n) is 3.17. The smallest absolute Gasteiger partial charge is 0.326 e. The Morgan fingerprint density at radius 1 is 1.27 bits per heavy atom. The van der Waals surface area contributed by atoms with Crippen LogP contribution in [0, 0.1) is 0 Å². The summed E-state index contributed by atoms with van der Waals surface area (Å²) in [5.74, 6) is -1.56. The summed E-state index contributed by atoms with van der Waals surface area (Å²) in [6.07, 6.45) is 2.92. The van der Waals surface area contributed by atoms with Crippen LogP contribution in [0.2, 0.25) is 0 Å². The first-order valence-corrected chi connectivity index (χ1v) is 8.02. The standard InChI is InChI=1S/C17H15N5O4/c23-15(7-21-9-20-11-4-2-1-3-10(11)16(21)24)22-6-13-12(18-8-19-13)5-14(22)17(25)26/h1-4,8-9,14H,5-7H2,(H,18,19)(H,25,26). The highest BCUT2D eigenvalue weighted by Gasteiger charge is 2.35. The first kappa shape index (κ1) is 16.0. The zero-order valence-electron chi connectivity index (χ0n) is 13.6. The Labute approximate surface area is 146 Å². The predicted octanol–water partition coefficient (Wildman–Crippen LogP) is 0.158. The molecule has 4 rings (SSSR count). The molecule has 1 unspecified atom stereocenters. The number of aromatic nitrogens is 4. The number of hydrogen-bond donors (Lipinski definition) is 2. The molecule has 2 aromatic heterocycles. The van der Waals surface area contributed by atoms with E-state index in [0.717, 1.165) is 0 Å². The van der Waals surface area contributed by atoms with E-state index in [1.165, 1.54) is 22.1 Å². The van der Waals surface area contributed by atoms with Crippen LogP contribution in [0.25, 0.3) is 10.9 Å². The molecule has 0 bridgehead atoms. The van der Waals surface area contributed by atoms with Crippen LogP contribution in [-0.4, -0.2) is 47.4 Å². The van der Waals surface area contributed by atoms with Gasteiger partial charge >= 0.3 is 5.97 Å². The minimum absolute atomic E-state index is 0.112. The fraction of sp³-hybridized carbons (Fsp3) is 0.235. The van der Waals surface area contributed by atoms with Gasteiger partial charge < -0.3 is 15.0 Å². The molecular formula is C17H15N5O4. The summed E-state index contributed by atoms with van der Waals surface area (Å²) in [4.78, 5) is 49.3. The molecule has 1 aliphatic rings. The highest BCUT2D eigenvalue weighted by Crippen LogP contribution is 2.21. The molecule has 0 spiro atoms. The summed E-state index contributed by atoms with van der Waals surface area (Å²) in [5.41, 5.74) is 1.56. The minimum Gasteiger partial charge on any atom is -0.480 e. The monoisotopic (exact) mass is 353 g/mol. The molecule has 1 atom stereocenters. The van der Waals surface area contributed by atoms with E-state index in [1.54, 1.807) is 24.3 Å². The predicted molar refractivity (Wildman–Crippen MR) is 90.3 cm³/mol. The van der Waals surface area contributed by atoms with Crippen LogP contribution < -0.4 is 5.56 Å². The van der Waals surface area contributed by atoms with E-state index in [1.807, 2.05) is 0 Å². The van der Waals surface area contributed by atoms with Crippen molar-refractivity contribution in [2.75, 3.05) is 0 Å². The third-order valence-corrected chi connectivity index (χ3v) is 4.54. The van der Waals surface area contributed by atoms with E-state index in [4.69, 9.17) is 0 Å². The van der Waals surface area contributed by atoms with E-state index in [2.05, 4.69) is 15.0 Å². The van der Waals surface area contributed by atoms with E-state index in [9.17, 15) is 19.5 Å². The number of para-hydroxylation sites is 1. The Hall–Kier alpha value is -3.49. The highest BCUT2D eigenvalue weighted by molar-refractivity contribution is 5.84. The first-order chi connectivity index (χ1) is 12.5. The molecule has 9 nitrogen and oxygen atoms in total. The van der Waals surface area contributed by atoms with Crippen molar-refractivity contribution in [3.63, 3.8) is 0 Å². The Morgan fingerprint density at radius 3 is 2.88 bits per heavy atom. The number of amides is 1. The van der Waals surface area contributed by atoms with Crippen LogP contribution in [0.5, 0.6) is 0 Å². The van der Waals surface area contributed by atoms with Gasteiger partial charge in [0.25, 0.3) is 5.56 Å². The van der Waals surface area contributed by atoms with Crippen LogP contribution in [0.1, 0.15) is 11.4 Å². The Kier molecular flexibility index (Phi) is 3.76. The number of H-pyrrole nitrogens is 1. The minimum atomic E-state index is -1.10. The maximum atomic E-state index is 12.7. The Morgan fingerprint density at radius 2 is 2.08 bits per heavy atom. The van der Waals surface area contributed by atoms with E-state index >= 15 is 0 Å². The number of fused-ring (bicyclic) bond motifs is 2. The number of nitrogens with one attached hydrogen (secondary N) is 1. The van der Waals surface area contributed by atoms with Gasteiger partial charge in [-0.1, -0.05) is 12.1 Å². The number of aromatic amines is 1. The summed E-state index contributed by atoms with van der Waals surface area (Å²) < 4.78 is 1.20. The molecule has 0 aliphatic carbocycles. The maximum absolute atomic E-state index is 12.7. The molecule has 9 heteroatoms. The second-order valence-corrected chi connectivity index (χ2v) is 6.10. The van der Waals surface area contributed by atoms with Crippen molar-refractivity contribution < 1.29 is 14.7 Å². The van der Waals surface area contributed by atoms with Crippen LogP contribution in [-0.2, 0) is 29.1 Å². The van der Waals surface area contributed by atoms with Gasteiger partial charge in [0.1, 0.15) is 12.6 Å². The number of carboxylic acid groups (broad SMARTS) is 1. The number of imidazole rings is 1. The van der Waals surface area contributed by atoms with Gasteiger partial charge in [-0.15, -0.1) is 0 Å². The fourth-order valence-corrected chi connectivity index (χ4v) is 3.17. The van der Waals surface area contributed by atoms with Crippen molar-refractivity contribution in [2.24, 2.45) is 0 Å². The SMILES string of the molecule is O=C(O)C1Cc2nc[nH]c2CN1C(=O)Cn1cnc2ccccc2c1=O. The lowest BCUT2D eigenvalue weighted by Crippen LogP contribution is -2.50. The maximum Gasteiger partial charge on any atom is 0.326 e. The van der Waals surface area contributed by atoms with Gasteiger partial charge in [0, 0.05) is 6.42 Å². The Bertz CT molecular complexity index is 1070. The lowest BCUT2D eigenvalue weighted by atomic mass is 10.0. The van der Waals surface area contributed by atoms with Crippen LogP contribution in [0.15, 0.2) is 41.7 Å². The molecule has 0 saturated heterocycles. The summed E-state index contributed by atoms with van der Waals surface area (Å²) in [7, 11) is 0. The van der Waals surface area contributed by atoms with Gasteiger partial charge in [-0.05, 0) is 12.1 Å². The second-order valence-electron chi connectivity index (χ2n) is 6.10. The molecule has 1 aromatic carbocycles. The number of carboxylic acids is 1. The summed E-state index contributed by atoms with van der Waals surface area (Å²) in [5, 5.41) is 9.88. The molecule has 0 fully saturated rings. The number of carbonyl (C=O) groups is 2. The lowest BCUT2D eigenvalue weighted by Gasteiger charge is -2.32. The van der Waals surface area contributed by atoms with Gasteiger partial charge in [0.05, 0.1) is 41.5 Å². The molecule has 3 heterocycles. The van der Waals surface area contributed by atoms with Crippen molar-refractivity contribution in [3.8, 4) is 0 Å². The number of nitrogens with zero attached hydrogens (tertiary/aromatic N) is 4. The van der Waals surface area contributed by atoms with Gasteiger partial charge in [-0.25, -0.2) is 14.8 Å². The Balaban J connectivity index is 1.64. The highest BCUT2D eigenvalue weighted by atomic mass is 16.4. The normalized spacial score (nSPS) is 16.5. The number of benzene rings is 1. The summed E-state index contributed by atoms with van der Waals surface area (Å²) >= 11 is 0. The topological polar surface area (TPSA) is 121 Å². The van der Waals surface area contributed by atoms with Crippen molar-refractivity contribution in [1.29, 1.82) is 0 Å². The quantitative estimate of drug-likeness (QED) is 0.692. The van der Waals surface area contributed by atoms with Gasteiger partial charge in [0.2, 0.25) is 5.91 Å². The number of aliphatic carboxylic acids is 1. The van der Waals surface area contributed by atoms with Crippen molar-refractivity contribution in [1.82, 2.24) is 24.4 Å². The zero-order valence-corrected chi connectivity index (χ0v) is 13.6. The molecule has 1 aliphatic heterocycles. The summed E-state index contributed by atoms with van der Waals surface area (Å²) in [6, 6.07) is 5.85. The average molecular weight is 353 g/mol. The number of rotatable bonds is 3. The van der Waals surface area contributed by atoms with Gasteiger partial charge in [-0.2, -0.15) is 0 Å². The molecule has 1 amide bonds. The molecule has 2 N–H and O–H groups in total. The molecule has 132 valence electrons. The van der Waals surface area contributed by atoms with Crippen molar-refractivity contribution in [2.45, 2.75) is 25.6 Å². The lowest BCUT2D eigenvalue weighted by molar-refractivity contribution is -0.151. The average Bonchev–Trinajstić information content (AvgIpc) is 3.10. The largest absolute Gasteiger partial charge is 0.480 e. The third kappa shape index (κ3) is 2.63. The summed E-state index contributed by atoms with van der Waals surface area (Å²) in [6.45, 7) is -0.162. The van der Waals surface area contributed by atoms with Crippen LogP contribution in [0.4, 0.5) is 0 Å². The van der Waals surface area contributed by atoms with E-state index in [0.29, 0.717) is 22.3 Å². The second kappa shape index (κ2) is 6.10. The van der Waals surface area contributed by atoms with Crippen molar-refractivity contribution >= 4 is 22.8 Å². The first-order valence-electron chi connectivity index (χ1n) is 8.02. The molecule has 3 aromatic rings. The van der Waals surface area contributed by atoms with Crippen LogP contribution >= 0.6 is 0 Å². The molecule has 26 heavy (non-hydrogen) atoms. The van der Waals surface area contributed by atoms with Crippen LogP contribution in [0.3, 0.4) is 0 Å². The molecule has 0 saturated carbocycles. The van der Waals surface area contributed by atoms with Crippen molar-refractivity contribution in [3.05, 3.63) is 58.7 Å². The zero-order chi connectivity index (χ0) is 18.3. The molecular weight excluding hydrogens is 338 g/mol. The number of carbonyl (C=O) groups excluding carboxylic acids is 1. The number of hydrogen-bond acceptors (Lipinski definition) is 5.